The molecule has 0 radical (unpaired) electrons. The first-order valence-electron chi connectivity index (χ1n) is 14.4. The van der Waals surface area contributed by atoms with E-state index in [4.69, 9.17) is 15.1 Å². The Morgan fingerprint density at radius 1 is 1.07 bits per heavy atom. The van der Waals surface area contributed by atoms with Crippen molar-refractivity contribution in [1.82, 2.24) is 19.9 Å². The van der Waals surface area contributed by atoms with Crippen LogP contribution in [0.4, 0.5) is 16.3 Å². The van der Waals surface area contributed by atoms with Crippen LogP contribution in [0.3, 0.4) is 0 Å². The molecular formula is C32H37N7O5. The summed E-state index contributed by atoms with van der Waals surface area (Å²) in [6, 6.07) is 17.4. The van der Waals surface area contributed by atoms with Crippen molar-refractivity contribution in [2.75, 3.05) is 23.4 Å². The summed E-state index contributed by atoms with van der Waals surface area (Å²) < 4.78 is 7.07. The highest BCUT2D eigenvalue weighted by atomic mass is 16.5. The van der Waals surface area contributed by atoms with Gasteiger partial charge in [0.15, 0.2) is 0 Å². The van der Waals surface area contributed by atoms with Gasteiger partial charge >= 0.3 is 12.1 Å². The molecule has 0 atom stereocenters. The number of aromatic nitrogens is 3. The monoisotopic (exact) mass is 599 g/mol. The van der Waals surface area contributed by atoms with Gasteiger partial charge in [-0.05, 0) is 73.4 Å². The summed E-state index contributed by atoms with van der Waals surface area (Å²) in [5, 5.41) is 23.1. The molecule has 0 aliphatic heterocycles. The molecule has 0 spiro atoms. The summed E-state index contributed by atoms with van der Waals surface area (Å²) >= 11 is 0. The van der Waals surface area contributed by atoms with Crippen LogP contribution in [0.5, 0.6) is 0 Å². The van der Waals surface area contributed by atoms with E-state index >= 15 is 0 Å². The molecule has 0 bridgehead atoms. The summed E-state index contributed by atoms with van der Waals surface area (Å²) in [5.41, 5.74) is 3.17. The highest BCUT2D eigenvalue weighted by Crippen LogP contribution is 2.21. The van der Waals surface area contributed by atoms with Crippen molar-refractivity contribution in [1.29, 1.82) is 5.41 Å². The van der Waals surface area contributed by atoms with E-state index in [0.29, 0.717) is 41.5 Å². The molecule has 0 saturated heterocycles. The van der Waals surface area contributed by atoms with Crippen molar-refractivity contribution < 1.29 is 24.2 Å². The van der Waals surface area contributed by atoms with Crippen molar-refractivity contribution in [3.63, 3.8) is 0 Å². The lowest BCUT2D eigenvalue weighted by molar-refractivity contribution is -0.136. The number of hydrogen-bond acceptors (Lipinski definition) is 8. The number of alkyl carbamates (subject to hydrolysis) is 1. The Kier molecular flexibility index (Phi) is 10.6. The number of hydrogen-bond donors (Lipinski definition) is 4. The fourth-order valence-corrected chi connectivity index (χ4v) is 4.54. The van der Waals surface area contributed by atoms with Gasteiger partial charge in [0.2, 0.25) is 0 Å². The molecular weight excluding hydrogens is 562 g/mol. The number of fused-ring (bicyclic) bond motifs is 1. The highest BCUT2D eigenvalue weighted by molar-refractivity contribution is 6.07. The number of aryl methyl sites for hydroxylation is 1. The topological polar surface area (TPSA) is 163 Å². The summed E-state index contributed by atoms with van der Waals surface area (Å²) in [6.45, 7) is 4.91. The zero-order valence-corrected chi connectivity index (χ0v) is 25.0. The van der Waals surface area contributed by atoms with Crippen molar-refractivity contribution in [3.05, 3.63) is 83.8 Å². The van der Waals surface area contributed by atoms with Crippen LogP contribution in [-0.4, -0.2) is 56.6 Å². The van der Waals surface area contributed by atoms with Crippen LogP contribution < -0.4 is 15.5 Å². The number of amides is 2. The number of benzene rings is 2. The minimum atomic E-state index is -1.01. The Balaban J connectivity index is 1.38. The van der Waals surface area contributed by atoms with Crippen molar-refractivity contribution in [2.45, 2.75) is 39.7 Å². The van der Waals surface area contributed by atoms with Gasteiger partial charge in [-0.3, -0.25) is 25.2 Å². The van der Waals surface area contributed by atoms with Gasteiger partial charge < -0.3 is 19.7 Å². The standard InChI is InChI=1S/C32H37N7O5/c1-21(2)7-6-18-44-32(43)37-30(33)22-9-12-24(13-10-22)35-20-28-36-25-19-23(11-14-26(25)38(28)3)31(42)39(17-15-29(40)41)27-8-4-5-16-34-27/h4-5,8-14,16,19,21,35H,6-7,15,17-18,20H2,1-3H3,(H,40,41)(H2,33,37,43). The van der Waals surface area contributed by atoms with Crippen LogP contribution in [0.25, 0.3) is 11.0 Å². The van der Waals surface area contributed by atoms with E-state index < -0.39 is 12.1 Å². The molecule has 0 fully saturated rings. The molecule has 0 aliphatic rings. The first-order chi connectivity index (χ1) is 21.1. The van der Waals surface area contributed by atoms with Crippen molar-refractivity contribution in [2.24, 2.45) is 13.0 Å². The Labute approximate surface area is 255 Å². The molecule has 2 heterocycles. The predicted molar refractivity (Wildman–Crippen MR) is 168 cm³/mol. The zero-order chi connectivity index (χ0) is 31.6. The summed E-state index contributed by atoms with van der Waals surface area (Å²) in [7, 11) is 1.89. The van der Waals surface area contributed by atoms with Crippen LogP contribution in [0.1, 0.15) is 54.9 Å². The number of carboxylic acid groups (broad SMARTS) is 1. The number of ether oxygens (including phenoxy) is 1. The third kappa shape index (κ3) is 8.40. The van der Waals surface area contributed by atoms with E-state index in [9.17, 15) is 19.5 Å². The smallest absolute Gasteiger partial charge is 0.412 e. The van der Waals surface area contributed by atoms with E-state index in [-0.39, 0.29) is 24.7 Å². The third-order valence-electron chi connectivity index (χ3n) is 6.95. The highest BCUT2D eigenvalue weighted by Gasteiger charge is 2.21. The molecule has 0 saturated carbocycles. The number of carbonyl (C=O) groups is 3. The molecule has 2 aromatic carbocycles. The number of nitrogens with one attached hydrogen (secondary N) is 3. The second-order valence-electron chi connectivity index (χ2n) is 10.7. The van der Waals surface area contributed by atoms with E-state index in [0.717, 1.165) is 29.9 Å². The van der Waals surface area contributed by atoms with Gasteiger partial charge in [-0.1, -0.05) is 19.9 Å². The minimum absolute atomic E-state index is 0.0164. The normalized spacial score (nSPS) is 10.9. The zero-order valence-electron chi connectivity index (χ0n) is 25.0. The Morgan fingerprint density at radius 3 is 2.50 bits per heavy atom. The Hall–Kier alpha value is -5.26. The number of pyridine rings is 1. The second-order valence-corrected chi connectivity index (χ2v) is 10.7. The molecule has 0 unspecified atom stereocenters. The first kappa shape index (κ1) is 31.7. The number of anilines is 2. The van der Waals surface area contributed by atoms with Crippen LogP contribution in [-0.2, 0) is 23.1 Å². The summed E-state index contributed by atoms with van der Waals surface area (Å²) in [4.78, 5) is 46.9. The fourth-order valence-electron chi connectivity index (χ4n) is 4.54. The maximum atomic E-state index is 13.4. The van der Waals surface area contributed by atoms with E-state index in [1.165, 1.54) is 4.90 Å². The number of rotatable bonds is 13. The van der Waals surface area contributed by atoms with Crippen molar-refractivity contribution in [3.8, 4) is 0 Å². The Morgan fingerprint density at radius 2 is 1.82 bits per heavy atom. The van der Waals surface area contributed by atoms with Gasteiger partial charge in [0.25, 0.3) is 5.91 Å². The predicted octanol–water partition coefficient (Wildman–Crippen LogP) is 5.19. The largest absolute Gasteiger partial charge is 0.481 e. The SMILES string of the molecule is CC(C)CCCOC(=O)NC(=N)c1ccc(NCc2nc3cc(C(=O)N(CCC(=O)O)c4ccccn4)ccc3n2C)cc1. The molecule has 12 nitrogen and oxygen atoms in total. The average molecular weight is 600 g/mol. The maximum absolute atomic E-state index is 13.4. The number of aliphatic carboxylic acids is 1. The van der Waals surface area contributed by atoms with E-state index in [2.05, 4.69) is 29.5 Å². The lowest BCUT2D eigenvalue weighted by Crippen LogP contribution is -2.33. The lowest BCUT2D eigenvalue weighted by atomic mass is 10.1. The van der Waals surface area contributed by atoms with Crippen LogP contribution in [0.2, 0.25) is 0 Å². The molecule has 12 heteroatoms. The molecule has 2 amide bonds. The van der Waals surface area contributed by atoms with Crippen LogP contribution in [0.15, 0.2) is 66.9 Å². The summed E-state index contributed by atoms with van der Waals surface area (Å²) in [5.74, 6) is 0.231. The molecule has 4 N–H and O–H groups in total. The van der Waals surface area contributed by atoms with Gasteiger partial charge in [0.1, 0.15) is 17.5 Å². The van der Waals surface area contributed by atoms with Crippen LogP contribution >= 0.6 is 0 Å². The van der Waals surface area contributed by atoms with Crippen LogP contribution in [0, 0.1) is 11.3 Å². The van der Waals surface area contributed by atoms with E-state index in [1.807, 2.05) is 29.8 Å². The third-order valence-corrected chi connectivity index (χ3v) is 6.95. The van der Waals surface area contributed by atoms with Gasteiger partial charge in [-0.15, -0.1) is 0 Å². The second kappa shape index (κ2) is 14.8. The number of carboxylic acids is 1. The average Bonchev–Trinajstić information content (AvgIpc) is 3.33. The van der Waals surface area contributed by atoms with Gasteiger partial charge in [-0.2, -0.15) is 0 Å². The number of amidine groups is 1. The minimum Gasteiger partial charge on any atom is -0.481 e. The molecule has 4 aromatic rings. The summed E-state index contributed by atoms with van der Waals surface area (Å²) in [6.07, 6.45) is 2.45. The molecule has 230 valence electrons. The molecule has 0 aliphatic carbocycles. The van der Waals surface area contributed by atoms with Gasteiger partial charge in [0.05, 0.1) is 30.6 Å². The first-order valence-corrected chi connectivity index (χ1v) is 14.4. The van der Waals surface area contributed by atoms with Gasteiger partial charge in [-0.25, -0.2) is 14.8 Å². The Bertz CT molecular complexity index is 1620. The van der Waals surface area contributed by atoms with Crippen molar-refractivity contribution >= 4 is 46.3 Å². The molecule has 4 rings (SSSR count). The quantitative estimate of drug-likeness (QED) is 0.0927. The number of nitrogens with zero attached hydrogens (tertiary/aromatic N) is 4. The maximum Gasteiger partial charge on any atom is 0.412 e. The number of imidazole rings is 1. The lowest BCUT2D eigenvalue weighted by Gasteiger charge is -2.21. The molecule has 44 heavy (non-hydrogen) atoms. The fraction of sp³-hybridized carbons (Fsp3) is 0.312. The number of carbonyl (C=O) groups excluding carboxylic acids is 2. The van der Waals surface area contributed by atoms with Gasteiger partial charge in [0, 0.05) is 36.6 Å². The molecule has 2 aromatic heterocycles. The van der Waals surface area contributed by atoms with E-state index in [1.54, 1.807) is 48.7 Å².